The zero-order valence-electron chi connectivity index (χ0n) is 16.0. The highest BCUT2D eigenvalue weighted by Crippen LogP contribution is 2.28. The van der Waals surface area contributed by atoms with Gasteiger partial charge in [0.15, 0.2) is 0 Å². The summed E-state index contributed by atoms with van der Waals surface area (Å²) in [4.78, 5) is 16.8. The second-order valence-corrected chi connectivity index (χ2v) is 7.49. The predicted molar refractivity (Wildman–Crippen MR) is 113 cm³/mol. The number of hydrogen-bond donors (Lipinski definition) is 0. The van der Waals surface area contributed by atoms with Crippen molar-refractivity contribution in [2.45, 2.75) is 31.7 Å². The monoisotopic (exact) mass is 370 g/mol. The summed E-state index contributed by atoms with van der Waals surface area (Å²) in [5, 5.41) is 0. The number of hydrogen-bond acceptors (Lipinski definition) is 3. The maximum absolute atomic E-state index is 12.1. The van der Waals surface area contributed by atoms with Crippen molar-refractivity contribution in [1.29, 1.82) is 0 Å². The Bertz CT molecular complexity index is 825. The van der Waals surface area contributed by atoms with E-state index in [4.69, 9.17) is 0 Å². The Hall–Kier alpha value is -2.75. The highest BCUT2D eigenvalue weighted by atomic mass is 16.1. The van der Waals surface area contributed by atoms with Crippen LogP contribution in [0.25, 0.3) is 0 Å². The lowest BCUT2D eigenvalue weighted by molar-refractivity contribution is -0.113. The second-order valence-electron chi connectivity index (χ2n) is 7.49. The maximum Gasteiger partial charge on any atom is 0.138 e. The zero-order chi connectivity index (χ0) is 19.2. The third-order valence-corrected chi connectivity index (χ3v) is 5.40. The van der Waals surface area contributed by atoms with E-state index >= 15 is 0 Å². The van der Waals surface area contributed by atoms with Gasteiger partial charge in [0.25, 0.3) is 0 Å². The molecule has 1 aliphatic heterocycles. The predicted octanol–water partition coefficient (Wildman–Crippen LogP) is 4.14. The van der Waals surface area contributed by atoms with Gasteiger partial charge in [-0.15, -0.1) is 0 Å². The third kappa shape index (κ3) is 4.75. The van der Waals surface area contributed by atoms with Gasteiger partial charge in [0.2, 0.25) is 0 Å². The van der Waals surface area contributed by atoms with Crippen molar-refractivity contribution in [2.24, 2.45) is 0 Å². The Balaban J connectivity index is 1.49. The molecule has 3 atom stereocenters. The quantitative estimate of drug-likeness (QED) is 0.418. The van der Waals surface area contributed by atoms with E-state index in [0.29, 0.717) is 0 Å². The number of carbonyl (C=O) groups excluding carboxylic acids is 1. The molecule has 0 aliphatic carbocycles. The molecular weight excluding hydrogens is 344 g/mol. The molecule has 3 nitrogen and oxygen atoms in total. The lowest BCUT2D eigenvalue weighted by Gasteiger charge is -2.28. The largest absolute Gasteiger partial charge is 0.302 e. The summed E-state index contributed by atoms with van der Waals surface area (Å²) in [7, 11) is 0. The van der Waals surface area contributed by atoms with Gasteiger partial charge in [0, 0.05) is 32.2 Å². The Morgan fingerprint density at radius 2 is 1.25 bits per heavy atom. The Morgan fingerprint density at radius 3 is 1.71 bits per heavy atom. The molecule has 1 heterocycles. The molecule has 28 heavy (non-hydrogen) atoms. The third-order valence-electron chi connectivity index (χ3n) is 5.40. The first-order chi connectivity index (χ1) is 13.8. The smallest absolute Gasteiger partial charge is 0.138 e. The maximum atomic E-state index is 12.1. The summed E-state index contributed by atoms with van der Waals surface area (Å²) < 4.78 is 0. The molecule has 142 valence electrons. The first kappa shape index (κ1) is 18.6. The molecule has 1 aliphatic rings. The van der Waals surface area contributed by atoms with Crippen LogP contribution in [0.4, 0.5) is 0 Å². The van der Waals surface area contributed by atoms with Crippen molar-refractivity contribution in [3.05, 3.63) is 108 Å². The van der Waals surface area contributed by atoms with E-state index in [1.54, 1.807) is 0 Å². The molecule has 4 rings (SSSR count). The molecule has 0 spiro atoms. The van der Waals surface area contributed by atoms with E-state index < -0.39 is 0 Å². The minimum absolute atomic E-state index is 0.107. The molecule has 0 aromatic heterocycles. The van der Waals surface area contributed by atoms with Gasteiger partial charge >= 0.3 is 0 Å². The summed E-state index contributed by atoms with van der Waals surface area (Å²) in [6, 6.07) is 31.5. The highest BCUT2D eigenvalue weighted by Gasteiger charge is 2.42. The fraction of sp³-hybridized carbons (Fsp3) is 0.240. The zero-order valence-corrected chi connectivity index (χ0v) is 16.0. The van der Waals surface area contributed by atoms with Gasteiger partial charge in [-0.2, -0.15) is 0 Å². The van der Waals surface area contributed by atoms with Crippen molar-refractivity contribution in [2.75, 3.05) is 6.54 Å². The van der Waals surface area contributed by atoms with Crippen LogP contribution in [0, 0.1) is 0 Å². The molecule has 0 radical (unpaired) electrons. The molecule has 3 aromatic carbocycles. The Morgan fingerprint density at radius 1 is 0.786 bits per heavy atom. The average molecular weight is 370 g/mol. The SMILES string of the molecule is O=C[C@@H]([C@@H]1CN1Cc1ccccc1)N(Cc1ccccc1)Cc1ccccc1. The molecular formula is C25H26N2O. The molecule has 0 N–H and O–H groups in total. The van der Waals surface area contributed by atoms with Gasteiger partial charge in [-0.25, -0.2) is 0 Å². The number of carbonyl (C=O) groups is 1. The fourth-order valence-corrected chi connectivity index (χ4v) is 3.84. The van der Waals surface area contributed by atoms with E-state index in [1.807, 2.05) is 18.2 Å². The van der Waals surface area contributed by atoms with Crippen LogP contribution in [-0.4, -0.2) is 34.7 Å². The minimum Gasteiger partial charge on any atom is -0.302 e. The number of rotatable bonds is 9. The van der Waals surface area contributed by atoms with Crippen LogP contribution in [-0.2, 0) is 24.4 Å². The number of nitrogens with zero attached hydrogens (tertiary/aromatic N) is 2. The van der Waals surface area contributed by atoms with Crippen LogP contribution in [0.15, 0.2) is 91.0 Å². The van der Waals surface area contributed by atoms with Crippen LogP contribution in [0.2, 0.25) is 0 Å². The highest BCUT2D eigenvalue weighted by molar-refractivity contribution is 5.60. The molecule has 3 heteroatoms. The molecule has 1 unspecified atom stereocenters. The normalized spacial score (nSPS) is 19.3. The summed E-state index contributed by atoms with van der Waals surface area (Å²) >= 11 is 0. The van der Waals surface area contributed by atoms with Gasteiger partial charge < -0.3 is 4.79 Å². The van der Waals surface area contributed by atoms with Gasteiger partial charge in [-0.1, -0.05) is 91.0 Å². The van der Waals surface area contributed by atoms with Crippen molar-refractivity contribution in [3.8, 4) is 0 Å². The van der Waals surface area contributed by atoms with Gasteiger partial charge in [0.1, 0.15) is 6.29 Å². The van der Waals surface area contributed by atoms with Crippen LogP contribution < -0.4 is 0 Å². The van der Waals surface area contributed by atoms with E-state index in [-0.39, 0.29) is 12.1 Å². The minimum atomic E-state index is -0.107. The molecule has 3 aromatic rings. The van der Waals surface area contributed by atoms with Crippen LogP contribution in [0.5, 0.6) is 0 Å². The summed E-state index contributed by atoms with van der Waals surface area (Å²) in [5.74, 6) is 0. The van der Waals surface area contributed by atoms with Crippen molar-refractivity contribution in [3.63, 3.8) is 0 Å². The molecule has 0 bridgehead atoms. The second kappa shape index (κ2) is 8.96. The fourth-order valence-electron chi connectivity index (χ4n) is 3.84. The first-order valence-corrected chi connectivity index (χ1v) is 9.88. The summed E-state index contributed by atoms with van der Waals surface area (Å²) in [6.07, 6.45) is 1.14. The van der Waals surface area contributed by atoms with E-state index in [9.17, 15) is 4.79 Å². The van der Waals surface area contributed by atoms with Gasteiger partial charge in [-0.05, 0) is 16.7 Å². The Labute approximate surface area is 167 Å². The molecule has 1 saturated heterocycles. The average Bonchev–Trinajstić information content (AvgIpc) is 3.49. The number of benzene rings is 3. The van der Waals surface area contributed by atoms with Crippen molar-refractivity contribution >= 4 is 6.29 Å². The first-order valence-electron chi connectivity index (χ1n) is 9.88. The van der Waals surface area contributed by atoms with E-state index in [1.165, 1.54) is 16.7 Å². The lowest BCUT2D eigenvalue weighted by atomic mass is 10.1. The van der Waals surface area contributed by atoms with Crippen molar-refractivity contribution < 1.29 is 4.79 Å². The van der Waals surface area contributed by atoms with Crippen LogP contribution in [0.1, 0.15) is 16.7 Å². The van der Waals surface area contributed by atoms with E-state index in [0.717, 1.165) is 32.5 Å². The summed E-state index contributed by atoms with van der Waals surface area (Å²) in [6.45, 7) is 3.42. The topological polar surface area (TPSA) is 23.3 Å². The lowest BCUT2D eigenvalue weighted by Crippen LogP contribution is -2.41. The molecule has 0 amide bonds. The van der Waals surface area contributed by atoms with Crippen LogP contribution >= 0.6 is 0 Å². The van der Waals surface area contributed by atoms with Crippen LogP contribution in [0.3, 0.4) is 0 Å². The summed E-state index contributed by atoms with van der Waals surface area (Å²) in [5.41, 5.74) is 3.77. The molecule has 1 fully saturated rings. The molecule has 0 saturated carbocycles. The van der Waals surface area contributed by atoms with Crippen molar-refractivity contribution in [1.82, 2.24) is 9.80 Å². The van der Waals surface area contributed by atoms with Gasteiger partial charge in [0.05, 0.1) is 6.04 Å². The standard InChI is InChI=1S/C25H26N2O/c28-20-25(24-19-27(24)18-23-14-8-3-9-15-23)26(16-21-10-4-1-5-11-21)17-22-12-6-2-7-13-22/h1-15,20,24-25H,16-19H2/t24-,25-,27?/m0/s1. The Kier molecular flexibility index (Phi) is 5.95. The van der Waals surface area contributed by atoms with Gasteiger partial charge in [-0.3, -0.25) is 9.80 Å². The van der Waals surface area contributed by atoms with E-state index in [2.05, 4.69) is 82.6 Å². The number of aldehydes is 1.